The van der Waals surface area contributed by atoms with Gasteiger partial charge in [-0.05, 0) is 56.6 Å². The fourth-order valence-corrected chi connectivity index (χ4v) is 3.51. The predicted molar refractivity (Wildman–Crippen MR) is 87.8 cm³/mol. The van der Waals surface area contributed by atoms with Gasteiger partial charge >= 0.3 is 0 Å². The molecule has 1 fully saturated rings. The van der Waals surface area contributed by atoms with Crippen molar-refractivity contribution in [3.63, 3.8) is 0 Å². The van der Waals surface area contributed by atoms with Gasteiger partial charge in [0.2, 0.25) is 0 Å². The molecule has 2 unspecified atom stereocenters. The number of rotatable bonds is 4. The Labute approximate surface area is 128 Å². The van der Waals surface area contributed by atoms with E-state index in [0.29, 0.717) is 22.8 Å². The molecule has 2 N–H and O–H groups in total. The second-order valence-electron chi connectivity index (χ2n) is 7.49. The minimum atomic E-state index is 0.108. The van der Waals surface area contributed by atoms with Crippen LogP contribution in [0.4, 0.5) is 5.69 Å². The first-order chi connectivity index (χ1) is 9.77. The molecule has 0 bridgehead atoms. The molecule has 0 saturated heterocycles. The molecular weight excluding hydrogens is 262 g/mol. The van der Waals surface area contributed by atoms with Crippen LogP contribution in [0, 0.1) is 11.3 Å². The second kappa shape index (κ2) is 6.17. The maximum absolute atomic E-state index is 6.21. The van der Waals surface area contributed by atoms with Crippen molar-refractivity contribution in [1.82, 2.24) is 0 Å². The molecule has 0 radical (unpaired) electrons. The van der Waals surface area contributed by atoms with Gasteiger partial charge in [-0.1, -0.05) is 26.8 Å². The maximum Gasteiger partial charge on any atom is 0.146 e. The van der Waals surface area contributed by atoms with Crippen molar-refractivity contribution >= 4 is 5.69 Å². The van der Waals surface area contributed by atoms with E-state index in [0.717, 1.165) is 18.6 Å². The lowest BCUT2D eigenvalue weighted by Crippen LogP contribution is -2.34. The number of anilines is 1. The molecule has 1 aliphatic rings. The summed E-state index contributed by atoms with van der Waals surface area (Å²) in [5.41, 5.74) is 7.15. The monoisotopic (exact) mass is 291 g/mol. The first kappa shape index (κ1) is 16.0. The lowest BCUT2D eigenvalue weighted by molar-refractivity contribution is 0.0565. The molecular formula is C18H29NO2. The van der Waals surface area contributed by atoms with Crippen molar-refractivity contribution in [1.29, 1.82) is 0 Å². The van der Waals surface area contributed by atoms with Crippen LogP contribution in [-0.4, -0.2) is 12.2 Å². The minimum absolute atomic E-state index is 0.108. The molecule has 0 aromatic heterocycles. The van der Waals surface area contributed by atoms with Gasteiger partial charge < -0.3 is 15.2 Å². The van der Waals surface area contributed by atoms with Gasteiger partial charge in [0.25, 0.3) is 0 Å². The topological polar surface area (TPSA) is 44.5 Å². The normalized spacial score (nSPS) is 24.9. The van der Waals surface area contributed by atoms with Gasteiger partial charge in [-0.2, -0.15) is 0 Å². The highest BCUT2D eigenvalue weighted by Gasteiger charge is 2.33. The molecule has 0 heterocycles. The predicted octanol–water partition coefficient (Wildman–Crippen LogP) is 4.65. The molecule has 3 nitrogen and oxygen atoms in total. The highest BCUT2D eigenvalue weighted by molar-refractivity contribution is 5.62. The molecule has 2 rings (SSSR count). The SMILES string of the molecule is CC1CC(Oc2cccc(OC(C)C)c2N)CC(C)(C)C1. The zero-order chi connectivity index (χ0) is 15.6. The van der Waals surface area contributed by atoms with Gasteiger partial charge in [0.15, 0.2) is 0 Å². The maximum atomic E-state index is 6.21. The summed E-state index contributed by atoms with van der Waals surface area (Å²) in [7, 11) is 0. The summed E-state index contributed by atoms with van der Waals surface area (Å²) >= 11 is 0. The molecule has 1 saturated carbocycles. The summed E-state index contributed by atoms with van der Waals surface area (Å²) in [4.78, 5) is 0. The minimum Gasteiger partial charge on any atom is -0.489 e. The van der Waals surface area contributed by atoms with Gasteiger partial charge in [0.1, 0.15) is 17.2 Å². The van der Waals surface area contributed by atoms with Crippen LogP contribution < -0.4 is 15.2 Å². The molecule has 3 heteroatoms. The van der Waals surface area contributed by atoms with Crippen molar-refractivity contribution < 1.29 is 9.47 Å². The Kier molecular flexibility index (Phi) is 4.70. The molecule has 0 amide bonds. The van der Waals surface area contributed by atoms with Crippen molar-refractivity contribution in [3.05, 3.63) is 18.2 Å². The van der Waals surface area contributed by atoms with Crippen LogP contribution in [0.3, 0.4) is 0 Å². The summed E-state index contributed by atoms with van der Waals surface area (Å²) < 4.78 is 11.9. The van der Waals surface area contributed by atoms with Crippen LogP contribution in [0.15, 0.2) is 18.2 Å². The molecule has 1 aliphatic carbocycles. The van der Waals surface area contributed by atoms with Crippen molar-refractivity contribution in [3.8, 4) is 11.5 Å². The zero-order valence-corrected chi connectivity index (χ0v) is 14.0. The second-order valence-corrected chi connectivity index (χ2v) is 7.49. The Bertz CT molecular complexity index is 482. The summed E-state index contributed by atoms with van der Waals surface area (Å²) in [5, 5.41) is 0. The average Bonchev–Trinajstić information content (AvgIpc) is 2.31. The molecule has 21 heavy (non-hydrogen) atoms. The van der Waals surface area contributed by atoms with Crippen LogP contribution in [-0.2, 0) is 0 Å². The number of nitrogen functional groups attached to an aromatic ring is 1. The number of nitrogens with two attached hydrogens (primary N) is 1. The van der Waals surface area contributed by atoms with Crippen molar-refractivity contribution in [2.75, 3.05) is 5.73 Å². The molecule has 0 spiro atoms. The largest absolute Gasteiger partial charge is 0.489 e. The van der Waals surface area contributed by atoms with E-state index in [4.69, 9.17) is 15.2 Å². The van der Waals surface area contributed by atoms with Crippen LogP contribution in [0.25, 0.3) is 0 Å². The quantitative estimate of drug-likeness (QED) is 0.821. The van der Waals surface area contributed by atoms with Crippen LogP contribution in [0.2, 0.25) is 0 Å². The third kappa shape index (κ3) is 4.29. The van der Waals surface area contributed by atoms with Crippen LogP contribution in [0.5, 0.6) is 11.5 Å². The van der Waals surface area contributed by atoms with Gasteiger partial charge in [-0.15, -0.1) is 0 Å². The van der Waals surface area contributed by atoms with Gasteiger partial charge in [0, 0.05) is 0 Å². The van der Waals surface area contributed by atoms with E-state index in [1.165, 1.54) is 6.42 Å². The third-order valence-electron chi connectivity index (χ3n) is 4.03. The number of hydrogen-bond acceptors (Lipinski definition) is 3. The van der Waals surface area contributed by atoms with E-state index in [2.05, 4.69) is 20.8 Å². The summed E-state index contributed by atoms with van der Waals surface area (Å²) in [6.45, 7) is 10.9. The van der Waals surface area contributed by atoms with Gasteiger partial charge in [0.05, 0.1) is 12.2 Å². The van der Waals surface area contributed by atoms with Gasteiger partial charge in [-0.3, -0.25) is 0 Å². The van der Waals surface area contributed by atoms with E-state index < -0.39 is 0 Å². The molecule has 118 valence electrons. The van der Waals surface area contributed by atoms with Crippen molar-refractivity contribution in [2.45, 2.75) is 66.1 Å². The van der Waals surface area contributed by atoms with Crippen LogP contribution in [0.1, 0.15) is 53.9 Å². The highest BCUT2D eigenvalue weighted by atomic mass is 16.5. The lowest BCUT2D eigenvalue weighted by Gasteiger charge is -2.39. The Morgan fingerprint density at radius 3 is 2.48 bits per heavy atom. The summed E-state index contributed by atoms with van der Waals surface area (Å²) in [5.74, 6) is 2.16. The fraction of sp³-hybridized carbons (Fsp3) is 0.667. The molecule has 0 aliphatic heterocycles. The number of hydrogen-bond donors (Lipinski definition) is 1. The summed E-state index contributed by atoms with van der Waals surface area (Å²) in [6.07, 6.45) is 3.78. The number of ether oxygens (including phenoxy) is 2. The molecule has 1 aromatic carbocycles. The van der Waals surface area contributed by atoms with Gasteiger partial charge in [-0.25, -0.2) is 0 Å². The zero-order valence-electron chi connectivity index (χ0n) is 14.0. The van der Waals surface area contributed by atoms with E-state index in [9.17, 15) is 0 Å². The van der Waals surface area contributed by atoms with Crippen LogP contribution >= 0.6 is 0 Å². The molecule has 1 aromatic rings. The summed E-state index contributed by atoms with van der Waals surface area (Å²) in [6, 6.07) is 5.78. The number of para-hydroxylation sites is 1. The average molecular weight is 291 g/mol. The smallest absolute Gasteiger partial charge is 0.146 e. The third-order valence-corrected chi connectivity index (χ3v) is 4.03. The van der Waals surface area contributed by atoms with E-state index in [1.54, 1.807) is 0 Å². The first-order valence-corrected chi connectivity index (χ1v) is 7.98. The highest BCUT2D eigenvalue weighted by Crippen LogP contribution is 2.41. The van der Waals surface area contributed by atoms with E-state index in [-0.39, 0.29) is 12.2 Å². The standard InChI is InChI=1S/C18H29NO2/c1-12(2)20-15-7-6-8-16(17(15)19)21-14-9-13(3)10-18(4,5)11-14/h6-8,12-14H,9-11,19H2,1-5H3. The Morgan fingerprint density at radius 1 is 1.19 bits per heavy atom. The van der Waals surface area contributed by atoms with E-state index in [1.807, 2.05) is 32.0 Å². The van der Waals surface area contributed by atoms with Crippen molar-refractivity contribution in [2.24, 2.45) is 11.3 Å². The lowest BCUT2D eigenvalue weighted by atomic mass is 9.71. The Morgan fingerprint density at radius 2 is 1.86 bits per heavy atom. The first-order valence-electron chi connectivity index (χ1n) is 7.98. The number of benzene rings is 1. The Hall–Kier alpha value is -1.38. The fourth-order valence-electron chi connectivity index (χ4n) is 3.51. The Balaban J connectivity index is 2.12. The molecule has 2 atom stereocenters. The van der Waals surface area contributed by atoms with E-state index >= 15 is 0 Å².